The molecule has 0 saturated carbocycles. The molecule has 2 N–H and O–H groups in total. The minimum Gasteiger partial charge on any atom is -0.478 e. The van der Waals surface area contributed by atoms with Crippen LogP contribution in [0.15, 0.2) is 22.8 Å². The summed E-state index contributed by atoms with van der Waals surface area (Å²) >= 11 is 3.62. The predicted molar refractivity (Wildman–Crippen MR) is 84.0 cm³/mol. The Kier molecular flexibility index (Phi) is 3.46. The molecular formula is C14H15BrN4O2. The summed E-state index contributed by atoms with van der Waals surface area (Å²) in [7, 11) is 3.88. The summed E-state index contributed by atoms with van der Waals surface area (Å²) in [6, 6.07) is 4.97. The first-order valence-corrected chi connectivity index (χ1v) is 7.37. The molecule has 0 spiro atoms. The fourth-order valence-corrected chi connectivity index (χ4v) is 3.33. The molecule has 0 unspecified atom stereocenters. The van der Waals surface area contributed by atoms with Crippen molar-refractivity contribution in [2.45, 2.75) is 6.42 Å². The molecule has 1 aromatic carbocycles. The Morgan fingerprint density at radius 2 is 2.24 bits per heavy atom. The number of imidazole rings is 2. The summed E-state index contributed by atoms with van der Waals surface area (Å²) < 4.78 is 4.90. The molecule has 0 saturated heterocycles. The summed E-state index contributed by atoms with van der Waals surface area (Å²) in [6.45, 7) is 0.859. The van der Waals surface area contributed by atoms with Crippen LogP contribution < -0.4 is 5.32 Å². The van der Waals surface area contributed by atoms with Crippen LogP contribution in [0.4, 0.5) is 0 Å². The fourth-order valence-electron chi connectivity index (χ4n) is 2.52. The van der Waals surface area contributed by atoms with Crippen LogP contribution in [-0.4, -0.2) is 38.6 Å². The second-order valence-corrected chi connectivity index (χ2v) is 5.66. The SMILES string of the molecule is CNCCc1c(Br)n2c3cc(C(=O)O)ccc3nc2n1C. The molecule has 0 amide bonds. The highest BCUT2D eigenvalue weighted by atomic mass is 79.9. The smallest absolute Gasteiger partial charge is 0.335 e. The number of hydrogen-bond donors (Lipinski definition) is 2. The van der Waals surface area contributed by atoms with E-state index in [4.69, 9.17) is 5.11 Å². The topological polar surface area (TPSA) is 71.6 Å². The number of rotatable bonds is 4. The Hall–Kier alpha value is -1.86. The van der Waals surface area contributed by atoms with Gasteiger partial charge in [-0.1, -0.05) is 0 Å². The number of likely N-dealkylation sites (N-methyl/N-ethyl adjacent to an activating group) is 1. The molecular weight excluding hydrogens is 336 g/mol. The third kappa shape index (κ3) is 2.13. The zero-order chi connectivity index (χ0) is 15.1. The standard InChI is InChI=1S/C14H15BrN4O2/c1-16-6-5-10-12(15)19-11-7-8(13(20)21)3-4-9(11)17-14(19)18(10)2/h3-4,7,16H,5-6H2,1-2H3,(H,20,21). The van der Waals surface area contributed by atoms with Gasteiger partial charge in [-0.15, -0.1) is 0 Å². The Morgan fingerprint density at radius 3 is 2.90 bits per heavy atom. The number of fused-ring (bicyclic) bond motifs is 3. The molecule has 0 bridgehead atoms. The number of carbonyl (C=O) groups is 1. The molecule has 2 heterocycles. The Balaban J connectivity index is 2.28. The maximum absolute atomic E-state index is 11.1. The minimum atomic E-state index is -0.936. The van der Waals surface area contributed by atoms with Crippen molar-refractivity contribution in [3.05, 3.63) is 34.1 Å². The number of carboxylic acids is 1. The summed E-state index contributed by atoms with van der Waals surface area (Å²) in [6.07, 6.45) is 0.858. The molecule has 0 aliphatic carbocycles. The predicted octanol–water partition coefficient (Wildman–Crippen LogP) is 2.05. The highest BCUT2D eigenvalue weighted by molar-refractivity contribution is 9.10. The van der Waals surface area contributed by atoms with Crippen molar-refractivity contribution in [3.8, 4) is 0 Å². The van der Waals surface area contributed by atoms with Gasteiger partial charge in [-0.25, -0.2) is 9.78 Å². The zero-order valence-corrected chi connectivity index (χ0v) is 13.3. The Morgan fingerprint density at radius 1 is 1.48 bits per heavy atom. The van der Waals surface area contributed by atoms with E-state index in [-0.39, 0.29) is 5.56 Å². The van der Waals surface area contributed by atoms with Gasteiger partial charge in [0.05, 0.1) is 22.3 Å². The third-order valence-corrected chi connectivity index (χ3v) is 4.45. The van der Waals surface area contributed by atoms with Crippen LogP contribution >= 0.6 is 15.9 Å². The number of carboxylic acid groups (broad SMARTS) is 1. The summed E-state index contributed by atoms with van der Waals surface area (Å²) in [5.41, 5.74) is 2.96. The molecule has 7 heteroatoms. The fraction of sp³-hybridized carbons (Fsp3) is 0.286. The number of aromatic nitrogens is 3. The van der Waals surface area contributed by atoms with Gasteiger partial charge in [0.25, 0.3) is 0 Å². The molecule has 0 aliphatic rings. The van der Waals surface area contributed by atoms with E-state index in [1.807, 2.05) is 23.1 Å². The monoisotopic (exact) mass is 350 g/mol. The average Bonchev–Trinajstić information content (AvgIpc) is 2.94. The largest absolute Gasteiger partial charge is 0.478 e. The van der Waals surface area contributed by atoms with Crippen molar-refractivity contribution >= 4 is 38.7 Å². The summed E-state index contributed by atoms with van der Waals surface area (Å²) in [5.74, 6) is -0.139. The lowest BCUT2D eigenvalue weighted by atomic mass is 10.2. The first-order chi connectivity index (χ1) is 10.0. The van der Waals surface area contributed by atoms with E-state index in [9.17, 15) is 4.79 Å². The van der Waals surface area contributed by atoms with Gasteiger partial charge < -0.3 is 15.0 Å². The lowest BCUT2D eigenvalue weighted by molar-refractivity contribution is 0.0697. The van der Waals surface area contributed by atoms with Crippen molar-refractivity contribution in [1.29, 1.82) is 0 Å². The van der Waals surface area contributed by atoms with Gasteiger partial charge in [0.2, 0.25) is 5.78 Å². The first kappa shape index (κ1) is 14.1. The van der Waals surface area contributed by atoms with E-state index in [0.29, 0.717) is 0 Å². The van der Waals surface area contributed by atoms with Crippen LogP contribution in [0.1, 0.15) is 16.1 Å². The number of nitrogens with zero attached hydrogens (tertiary/aromatic N) is 3. The van der Waals surface area contributed by atoms with E-state index in [0.717, 1.165) is 40.1 Å². The van der Waals surface area contributed by atoms with Crippen molar-refractivity contribution in [2.75, 3.05) is 13.6 Å². The third-order valence-electron chi connectivity index (χ3n) is 3.63. The van der Waals surface area contributed by atoms with Gasteiger partial charge in [0, 0.05) is 20.0 Å². The number of nitrogens with one attached hydrogen (secondary N) is 1. The van der Waals surface area contributed by atoms with E-state index < -0.39 is 5.97 Å². The van der Waals surface area contributed by atoms with Gasteiger partial charge in [-0.05, 0) is 41.2 Å². The van der Waals surface area contributed by atoms with Crippen LogP contribution in [0.25, 0.3) is 16.8 Å². The normalized spacial score (nSPS) is 11.6. The summed E-state index contributed by atoms with van der Waals surface area (Å²) in [5, 5.41) is 12.3. The number of hydrogen-bond acceptors (Lipinski definition) is 3. The second-order valence-electron chi connectivity index (χ2n) is 4.91. The second kappa shape index (κ2) is 5.16. The quantitative estimate of drug-likeness (QED) is 0.755. The maximum Gasteiger partial charge on any atom is 0.335 e. The summed E-state index contributed by atoms with van der Waals surface area (Å²) in [4.78, 5) is 15.7. The van der Waals surface area contributed by atoms with Crippen LogP contribution in [0, 0.1) is 0 Å². The first-order valence-electron chi connectivity index (χ1n) is 6.57. The highest BCUT2D eigenvalue weighted by Gasteiger charge is 2.18. The Bertz CT molecular complexity index is 850. The highest BCUT2D eigenvalue weighted by Crippen LogP contribution is 2.27. The number of halogens is 1. The lowest BCUT2D eigenvalue weighted by Gasteiger charge is -2.03. The van der Waals surface area contributed by atoms with E-state index >= 15 is 0 Å². The van der Waals surface area contributed by atoms with Gasteiger partial charge in [0.1, 0.15) is 4.60 Å². The molecule has 0 aliphatic heterocycles. The van der Waals surface area contributed by atoms with Gasteiger partial charge in [-0.2, -0.15) is 0 Å². The van der Waals surface area contributed by atoms with E-state index in [1.54, 1.807) is 18.2 Å². The van der Waals surface area contributed by atoms with Gasteiger partial charge >= 0.3 is 5.97 Å². The molecule has 0 fully saturated rings. The number of aromatic carboxylic acids is 1. The number of aryl methyl sites for hydroxylation is 1. The van der Waals surface area contributed by atoms with Crippen molar-refractivity contribution in [2.24, 2.45) is 7.05 Å². The van der Waals surface area contributed by atoms with Crippen LogP contribution in [0.5, 0.6) is 0 Å². The van der Waals surface area contributed by atoms with Crippen molar-refractivity contribution in [3.63, 3.8) is 0 Å². The molecule has 0 atom stereocenters. The zero-order valence-electron chi connectivity index (χ0n) is 11.7. The molecule has 21 heavy (non-hydrogen) atoms. The van der Waals surface area contributed by atoms with Crippen molar-refractivity contribution < 1.29 is 9.90 Å². The van der Waals surface area contributed by atoms with Crippen LogP contribution in [0.3, 0.4) is 0 Å². The minimum absolute atomic E-state index is 0.261. The van der Waals surface area contributed by atoms with E-state index in [2.05, 4.69) is 26.2 Å². The molecule has 6 nitrogen and oxygen atoms in total. The molecule has 3 rings (SSSR count). The maximum atomic E-state index is 11.1. The molecule has 3 aromatic rings. The lowest BCUT2D eigenvalue weighted by Crippen LogP contribution is -2.12. The Labute approximate surface area is 129 Å². The molecule has 2 aromatic heterocycles. The average molecular weight is 351 g/mol. The van der Waals surface area contributed by atoms with E-state index in [1.165, 1.54) is 0 Å². The number of benzene rings is 1. The van der Waals surface area contributed by atoms with Crippen molar-refractivity contribution in [1.82, 2.24) is 19.3 Å². The molecule has 0 radical (unpaired) electrons. The molecule has 110 valence electrons. The van der Waals surface area contributed by atoms with Crippen LogP contribution in [0.2, 0.25) is 0 Å². The van der Waals surface area contributed by atoms with Gasteiger partial charge in [-0.3, -0.25) is 4.40 Å². The van der Waals surface area contributed by atoms with Crippen LogP contribution in [-0.2, 0) is 13.5 Å². The van der Waals surface area contributed by atoms with Gasteiger partial charge in [0.15, 0.2) is 0 Å².